The minimum Gasteiger partial charge on any atom is -0.379 e. The summed E-state index contributed by atoms with van der Waals surface area (Å²) in [6.45, 7) is 4.59. The van der Waals surface area contributed by atoms with Gasteiger partial charge in [0.15, 0.2) is 0 Å². The van der Waals surface area contributed by atoms with Crippen LogP contribution in [-0.4, -0.2) is 56.5 Å². The minimum atomic E-state index is -3.66. The van der Waals surface area contributed by atoms with E-state index >= 15 is 0 Å². The number of hydrogen-bond donors (Lipinski definition) is 1. The third-order valence-corrected chi connectivity index (χ3v) is 4.94. The Morgan fingerprint density at radius 2 is 2.00 bits per heavy atom. The van der Waals surface area contributed by atoms with Gasteiger partial charge in [0.05, 0.1) is 11.0 Å². The Balaban J connectivity index is 2.68. The smallest absolute Gasteiger partial charge is 0.251 e. The molecule has 0 spiro atoms. The van der Waals surface area contributed by atoms with E-state index < -0.39 is 15.6 Å². The molecule has 0 saturated carbocycles. The summed E-state index contributed by atoms with van der Waals surface area (Å²) in [5, 5.41) is 2.67. The molecule has 8 nitrogen and oxygen atoms in total. The minimum absolute atomic E-state index is 0.0368. The van der Waals surface area contributed by atoms with Gasteiger partial charge >= 0.3 is 0 Å². The maximum atomic E-state index is 12.1. The van der Waals surface area contributed by atoms with Gasteiger partial charge < -0.3 is 14.6 Å². The topological polar surface area (TPSA) is 97.7 Å². The third-order valence-electron chi connectivity index (χ3n) is 3.14. The van der Waals surface area contributed by atoms with E-state index in [0.717, 1.165) is 14.9 Å². The quantitative estimate of drug-likeness (QED) is 0.627. The lowest BCUT2D eigenvalue weighted by atomic mass is 10.4. The largest absolute Gasteiger partial charge is 0.379 e. The van der Waals surface area contributed by atoms with Crippen LogP contribution in [0.4, 0.5) is 0 Å². The van der Waals surface area contributed by atoms with Gasteiger partial charge in [-0.25, -0.2) is 12.7 Å². The van der Waals surface area contributed by atoms with Crippen molar-refractivity contribution in [2.75, 3.05) is 27.2 Å². The average molecular weight is 359 g/mol. The number of amides is 1. The number of ether oxygens (including phenoxy) is 1. The first kappa shape index (κ1) is 20.3. The number of rotatable bonds is 9. The maximum absolute atomic E-state index is 12.1. The van der Waals surface area contributed by atoms with Crippen LogP contribution in [0.1, 0.15) is 20.3 Å². The second-order valence-corrected chi connectivity index (χ2v) is 7.89. The van der Waals surface area contributed by atoms with Crippen molar-refractivity contribution in [2.24, 2.45) is 0 Å². The number of hydrogen-bond acceptors (Lipinski definition) is 5. The maximum Gasteiger partial charge on any atom is 0.251 e. The molecule has 0 aliphatic carbocycles. The predicted molar refractivity (Wildman–Crippen MR) is 90.3 cm³/mol. The van der Waals surface area contributed by atoms with Gasteiger partial charge in [0.1, 0.15) is 6.54 Å². The van der Waals surface area contributed by atoms with E-state index in [0.29, 0.717) is 19.6 Å². The summed E-state index contributed by atoms with van der Waals surface area (Å²) < 4.78 is 31.6. The molecular weight excluding hydrogens is 334 g/mol. The normalized spacial score (nSPS) is 11.9. The molecule has 0 saturated heterocycles. The summed E-state index contributed by atoms with van der Waals surface area (Å²) in [4.78, 5) is 23.7. The average Bonchev–Trinajstić information content (AvgIpc) is 2.48. The van der Waals surface area contributed by atoms with Crippen LogP contribution >= 0.6 is 0 Å². The number of carbonyl (C=O) groups excluding carboxylic acids is 1. The van der Waals surface area contributed by atoms with Gasteiger partial charge in [0.25, 0.3) is 5.56 Å². The number of nitrogens with zero attached hydrogens (tertiary/aromatic N) is 2. The Kier molecular flexibility index (Phi) is 7.59. The summed E-state index contributed by atoms with van der Waals surface area (Å²) in [6.07, 6.45) is 1.98. The molecule has 0 aromatic carbocycles. The summed E-state index contributed by atoms with van der Waals surface area (Å²) in [7, 11) is -0.860. The summed E-state index contributed by atoms with van der Waals surface area (Å²) in [5.41, 5.74) is -0.439. The Morgan fingerprint density at radius 3 is 2.58 bits per heavy atom. The predicted octanol–water partition coefficient (Wildman–Crippen LogP) is 0.0299. The Bertz CT molecular complexity index is 710. The van der Waals surface area contributed by atoms with E-state index in [1.54, 1.807) is 0 Å². The molecule has 136 valence electrons. The standard InChI is InChI=1S/C15H25N3O5S/c1-12(2)23-9-5-8-16-14(19)11-18-10-13(6-7-15(18)20)24(21,22)17(3)4/h6-7,10,12H,5,8-9,11H2,1-4H3,(H,16,19). The van der Waals surface area contributed by atoms with Crippen LogP contribution < -0.4 is 10.9 Å². The molecule has 0 unspecified atom stereocenters. The van der Waals surface area contributed by atoms with E-state index in [4.69, 9.17) is 4.74 Å². The summed E-state index contributed by atoms with van der Waals surface area (Å²) in [6, 6.07) is 2.37. The first-order chi connectivity index (χ1) is 11.1. The van der Waals surface area contributed by atoms with Crippen LogP contribution in [0.5, 0.6) is 0 Å². The number of nitrogens with one attached hydrogen (secondary N) is 1. The van der Waals surface area contributed by atoms with Crippen molar-refractivity contribution in [2.45, 2.75) is 37.8 Å². The van der Waals surface area contributed by atoms with Gasteiger partial charge in [-0.2, -0.15) is 0 Å². The number of carbonyl (C=O) groups is 1. The van der Waals surface area contributed by atoms with Crippen molar-refractivity contribution in [3.8, 4) is 0 Å². The third kappa shape index (κ3) is 6.06. The fraction of sp³-hybridized carbons (Fsp3) is 0.600. The molecule has 1 heterocycles. The molecule has 1 rings (SSSR count). The van der Waals surface area contributed by atoms with Crippen LogP contribution in [-0.2, 0) is 26.1 Å². The SMILES string of the molecule is CC(C)OCCCNC(=O)Cn1cc(S(=O)(=O)N(C)C)ccc1=O. The van der Waals surface area contributed by atoms with Crippen LogP contribution in [0.2, 0.25) is 0 Å². The van der Waals surface area contributed by atoms with E-state index in [1.165, 1.54) is 26.4 Å². The molecule has 0 aliphatic rings. The van der Waals surface area contributed by atoms with Crippen LogP contribution in [0.3, 0.4) is 0 Å². The van der Waals surface area contributed by atoms with Gasteiger partial charge in [-0.1, -0.05) is 0 Å². The van der Waals surface area contributed by atoms with Crippen molar-refractivity contribution >= 4 is 15.9 Å². The van der Waals surface area contributed by atoms with Crippen molar-refractivity contribution in [3.63, 3.8) is 0 Å². The highest BCUT2D eigenvalue weighted by Crippen LogP contribution is 2.10. The van der Waals surface area contributed by atoms with Crippen LogP contribution in [0.25, 0.3) is 0 Å². The molecule has 0 atom stereocenters. The van der Waals surface area contributed by atoms with Gasteiger partial charge in [-0.3, -0.25) is 9.59 Å². The van der Waals surface area contributed by atoms with Gasteiger partial charge in [0.2, 0.25) is 15.9 Å². The zero-order valence-electron chi connectivity index (χ0n) is 14.5. The van der Waals surface area contributed by atoms with E-state index in [1.807, 2.05) is 13.8 Å². The van der Waals surface area contributed by atoms with Gasteiger partial charge in [0, 0.05) is 39.5 Å². The highest BCUT2D eigenvalue weighted by Gasteiger charge is 2.18. The second-order valence-electron chi connectivity index (χ2n) is 5.74. The van der Waals surface area contributed by atoms with Crippen molar-refractivity contribution in [1.29, 1.82) is 0 Å². The molecule has 1 aromatic heterocycles. The molecule has 1 N–H and O–H groups in total. The van der Waals surface area contributed by atoms with Crippen LogP contribution in [0.15, 0.2) is 28.0 Å². The lowest BCUT2D eigenvalue weighted by Gasteiger charge is -2.13. The van der Waals surface area contributed by atoms with Crippen LogP contribution in [0, 0.1) is 0 Å². The molecule has 9 heteroatoms. The first-order valence-electron chi connectivity index (χ1n) is 7.66. The molecule has 0 aliphatic heterocycles. The Labute approximate surface area is 142 Å². The first-order valence-corrected chi connectivity index (χ1v) is 9.10. The fourth-order valence-corrected chi connectivity index (χ4v) is 2.75. The number of sulfonamides is 1. The molecule has 1 aromatic rings. The summed E-state index contributed by atoms with van der Waals surface area (Å²) >= 11 is 0. The van der Waals surface area contributed by atoms with E-state index in [9.17, 15) is 18.0 Å². The van der Waals surface area contributed by atoms with E-state index in [-0.39, 0.29) is 23.5 Å². The fourth-order valence-electron chi connectivity index (χ4n) is 1.83. The van der Waals surface area contributed by atoms with E-state index in [2.05, 4.69) is 5.32 Å². The molecular formula is C15H25N3O5S. The monoisotopic (exact) mass is 359 g/mol. The van der Waals surface area contributed by atoms with Crippen molar-refractivity contribution < 1.29 is 17.9 Å². The summed E-state index contributed by atoms with van der Waals surface area (Å²) in [5.74, 6) is -0.360. The highest BCUT2D eigenvalue weighted by atomic mass is 32.2. The molecule has 0 fully saturated rings. The lowest BCUT2D eigenvalue weighted by Crippen LogP contribution is -2.33. The zero-order chi connectivity index (χ0) is 18.3. The molecule has 0 bridgehead atoms. The second kappa shape index (κ2) is 8.95. The highest BCUT2D eigenvalue weighted by molar-refractivity contribution is 7.89. The van der Waals surface area contributed by atoms with Crippen molar-refractivity contribution in [3.05, 3.63) is 28.7 Å². The lowest BCUT2D eigenvalue weighted by molar-refractivity contribution is -0.121. The number of aromatic nitrogens is 1. The Morgan fingerprint density at radius 1 is 1.33 bits per heavy atom. The molecule has 0 radical (unpaired) electrons. The molecule has 24 heavy (non-hydrogen) atoms. The number of pyridine rings is 1. The van der Waals surface area contributed by atoms with Gasteiger partial charge in [-0.15, -0.1) is 0 Å². The van der Waals surface area contributed by atoms with Gasteiger partial charge in [-0.05, 0) is 26.3 Å². The van der Waals surface area contributed by atoms with Crippen molar-refractivity contribution in [1.82, 2.24) is 14.2 Å². The zero-order valence-corrected chi connectivity index (χ0v) is 15.3. The Hall–Kier alpha value is -1.71. The molecule has 1 amide bonds.